The number of ether oxygens (including phenoxy) is 2. The first-order chi connectivity index (χ1) is 6.29. The van der Waals surface area contributed by atoms with Crippen LogP contribution in [0.15, 0.2) is 10.7 Å². The maximum atomic E-state index is 11.1. The zero-order chi connectivity index (χ0) is 9.68. The number of rotatable bonds is 4. The molecule has 5 heteroatoms. The second-order valence-corrected chi connectivity index (χ2v) is 2.40. The maximum absolute atomic E-state index is 11.1. The zero-order valence-electron chi connectivity index (χ0n) is 7.57. The number of methoxy groups -OCH3 is 2. The fourth-order valence-corrected chi connectivity index (χ4v) is 0.915. The van der Waals surface area contributed by atoms with Crippen LogP contribution in [-0.2, 0) is 15.9 Å². The molecule has 1 aromatic rings. The third-order valence-electron chi connectivity index (χ3n) is 1.58. The number of nitrogens with zero attached hydrogens (tertiary/aromatic N) is 1. The lowest BCUT2D eigenvalue weighted by atomic mass is 10.2. The van der Waals surface area contributed by atoms with E-state index in [1.807, 2.05) is 0 Å². The molecule has 0 aliphatic heterocycles. The Bertz CT molecular complexity index is 281. The average molecular weight is 185 g/mol. The fourth-order valence-electron chi connectivity index (χ4n) is 0.915. The molecule has 13 heavy (non-hydrogen) atoms. The third kappa shape index (κ3) is 2.29. The van der Waals surface area contributed by atoms with E-state index >= 15 is 0 Å². The largest absolute Gasteiger partial charge is 0.465 e. The molecule has 1 aromatic heterocycles. The number of esters is 1. The molecule has 0 aromatic carbocycles. The van der Waals surface area contributed by atoms with Gasteiger partial charge in [-0.05, 0) is 0 Å². The van der Waals surface area contributed by atoms with Crippen molar-refractivity contribution >= 4 is 5.97 Å². The van der Waals surface area contributed by atoms with E-state index in [9.17, 15) is 4.79 Å². The highest BCUT2D eigenvalue weighted by Crippen LogP contribution is 2.09. The van der Waals surface area contributed by atoms with Crippen molar-refractivity contribution in [3.05, 3.63) is 17.5 Å². The summed E-state index contributed by atoms with van der Waals surface area (Å²) in [7, 11) is 2.89. The summed E-state index contributed by atoms with van der Waals surface area (Å²) in [5, 5.41) is 3.51. The van der Waals surface area contributed by atoms with Gasteiger partial charge in [0.05, 0.1) is 19.9 Å². The lowest BCUT2D eigenvalue weighted by Gasteiger charge is -1.97. The molecule has 0 amide bonds. The van der Waals surface area contributed by atoms with E-state index in [4.69, 9.17) is 9.26 Å². The van der Waals surface area contributed by atoms with Crippen molar-refractivity contribution in [2.24, 2.45) is 0 Å². The molecule has 0 saturated heterocycles. The highest BCUT2D eigenvalue weighted by molar-refractivity contribution is 5.89. The van der Waals surface area contributed by atoms with Gasteiger partial charge < -0.3 is 14.0 Å². The summed E-state index contributed by atoms with van der Waals surface area (Å²) < 4.78 is 14.2. The van der Waals surface area contributed by atoms with Gasteiger partial charge in [-0.2, -0.15) is 0 Å². The standard InChI is InChI=1S/C8H11NO4/c1-11-4-3-7-6(5-9-13-7)8(10)12-2/h5H,3-4H2,1-2H3. The summed E-state index contributed by atoms with van der Waals surface area (Å²) in [6, 6.07) is 0. The van der Waals surface area contributed by atoms with Gasteiger partial charge in [0.25, 0.3) is 0 Å². The van der Waals surface area contributed by atoms with E-state index in [0.717, 1.165) is 0 Å². The van der Waals surface area contributed by atoms with Crippen LogP contribution in [0.2, 0.25) is 0 Å². The summed E-state index contributed by atoms with van der Waals surface area (Å²) in [6.07, 6.45) is 1.86. The molecule has 1 heterocycles. The van der Waals surface area contributed by atoms with Crippen LogP contribution in [0.5, 0.6) is 0 Å². The number of aromatic nitrogens is 1. The Morgan fingerprint density at radius 3 is 3.00 bits per heavy atom. The van der Waals surface area contributed by atoms with E-state index < -0.39 is 5.97 Å². The molecular formula is C8H11NO4. The van der Waals surface area contributed by atoms with Crippen molar-refractivity contribution in [1.29, 1.82) is 0 Å². The van der Waals surface area contributed by atoms with E-state index in [2.05, 4.69) is 9.89 Å². The Kier molecular flexibility index (Phi) is 3.45. The van der Waals surface area contributed by atoms with Crippen LogP contribution in [-0.4, -0.2) is 32.0 Å². The zero-order valence-corrected chi connectivity index (χ0v) is 7.57. The maximum Gasteiger partial charge on any atom is 0.343 e. The normalized spacial score (nSPS) is 10.0. The Morgan fingerprint density at radius 2 is 2.38 bits per heavy atom. The molecule has 0 spiro atoms. The molecule has 0 radical (unpaired) electrons. The van der Waals surface area contributed by atoms with Gasteiger partial charge in [0, 0.05) is 13.5 Å². The number of carbonyl (C=O) groups is 1. The van der Waals surface area contributed by atoms with E-state index in [0.29, 0.717) is 24.4 Å². The molecule has 0 atom stereocenters. The van der Waals surface area contributed by atoms with Gasteiger partial charge >= 0.3 is 5.97 Å². The highest BCUT2D eigenvalue weighted by atomic mass is 16.5. The smallest absolute Gasteiger partial charge is 0.343 e. The van der Waals surface area contributed by atoms with Gasteiger partial charge in [-0.1, -0.05) is 5.16 Å². The summed E-state index contributed by atoms with van der Waals surface area (Å²) in [4.78, 5) is 11.1. The second kappa shape index (κ2) is 4.61. The van der Waals surface area contributed by atoms with E-state index in [1.54, 1.807) is 7.11 Å². The summed E-state index contributed by atoms with van der Waals surface area (Å²) in [5.74, 6) is 0.0565. The topological polar surface area (TPSA) is 61.6 Å². The lowest BCUT2D eigenvalue weighted by molar-refractivity contribution is 0.0597. The third-order valence-corrected chi connectivity index (χ3v) is 1.58. The molecule has 0 fully saturated rings. The molecule has 0 saturated carbocycles. The summed E-state index contributed by atoms with van der Waals surface area (Å²) >= 11 is 0. The Labute approximate surface area is 75.6 Å². The molecule has 1 rings (SSSR count). The SMILES string of the molecule is COCCc1oncc1C(=O)OC. The Morgan fingerprint density at radius 1 is 1.62 bits per heavy atom. The van der Waals surface area contributed by atoms with Crippen LogP contribution < -0.4 is 0 Å². The lowest BCUT2D eigenvalue weighted by Crippen LogP contribution is -2.04. The second-order valence-electron chi connectivity index (χ2n) is 2.40. The minimum absolute atomic E-state index is 0.361. The molecule has 72 valence electrons. The van der Waals surface area contributed by atoms with Crippen molar-refractivity contribution in [2.75, 3.05) is 20.8 Å². The van der Waals surface area contributed by atoms with Gasteiger partial charge in [0.2, 0.25) is 0 Å². The van der Waals surface area contributed by atoms with Crippen LogP contribution in [0.25, 0.3) is 0 Å². The Balaban J connectivity index is 2.71. The minimum atomic E-state index is -0.438. The molecule has 0 aliphatic carbocycles. The predicted octanol–water partition coefficient (Wildman–Crippen LogP) is 0.650. The first-order valence-corrected chi connectivity index (χ1v) is 3.80. The quantitative estimate of drug-likeness (QED) is 0.644. The molecular weight excluding hydrogens is 174 g/mol. The van der Waals surface area contributed by atoms with Crippen LogP contribution in [0, 0.1) is 0 Å². The van der Waals surface area contributed by atoms with E-state index in [-0.39, 0.29) is 0 Å². The van der Waals surface area contributed by atoms with E-state index in [1.165, 1.54) is 13.3 Å². The van der Waals surface area contributed by atoms with Crippen LogP contribution >= 0.6 is 0 Å². The van der Waals surface area contributed by atoms with Gasteiger partial charge in [-0.15, -0.1) is 0 Å². The molecule has 0 aliphatic rings. The molecule has 0 N–H and O–H groups in total. The van der Waals surface area contributed by atoms with Crippen molar-refractivity contribution in [3.63, 3.8) is 0 Å². The average Bonchev–Trinajstić information content (AvgIpc) is 2.61. The molecule has 0 unspecified atom stereocenters. The summed E-state index contributed by atoms with van der Waals surface area (Å²) in [5.41, 5.74) is 0.361. The first kappa shape index (κ1) is 9.73. The molecule has 5 nitrogen and oxygen atoms in total. The van der Waals surface area contributed by atoms with Crippen molar-refractivity contribution < 1.29 is 18.8 Å². The number of hydrogen-bond donors (Lipinski definition) is 0. The van der Waals surface area contributed by atoms with Crippen molar-refractivity contribution in [1.82, 2.24) is 5.16 Å². The number of carbonyl (C=O) groups excluding carboxylic acids is 1. The van der Waals surface area contributed by atoms with Crippen molar-refractivity contribution in [3.8, 4) is 0 Å². The fraction of sp³-hybridized carbons (Fsp3) is 0.500. The van der Waals surface area contributed by atoms with Gasteiger partial charge in [-0.25, -0.2) is 4.79 Å². The van der Waals surface area contributed by atoms with Gasteiger partial charge in [0.1, 0.15) is 5.56 Å². The number of hydrogen-bond acceptors (Lipinski definition) is 5. The first-order valence-electron chi connectivity index (χ1n) is 3.80. The Hall–Kier alpha value is -1.36. The predicted molar refractivity (Wildman–Crippen MR) is 43.4 cm³/mol. The van der Waals surface area contributed by atoms with Gasteiger partial charge in [0.15, 0.2) is 5.76 Å². The molecule has 0 bridgehead atoms. The van der Waals surface area contributed by atoms with Crippen LogP contribution in [0.3, 0.4) is 0 Å². The minimum Gasteiger partial charge on any atom is -0.465 e. The van der Waals surface area contributed by atoms with Gasteiger partial charge in [-0.3, -0.25) is 0 Å². The van der Waals surface area contributed by atoms with Crippen molar-refractivity contribution in [2.45, 2.75) is 6.42 Å². The van der Waals surface area contributed by atoms with Crippen LogP contribution in [0.1, 0.15) is 16.1 Å². The van der Waals surface area contributed by atoms with Crippen LogP contribution in [0.4, 0.5) is 0 Å². The summed E-state index contributed by atoms with van der Waals surface area (Å²) in [6.45, 7) is 0.485. The monoisotopic (exact) mass is 185 g/mol. The highest BCUT2D eigenvalue weighted by Gasteiger charge is 2.15.